The summed E-state index contributed by atoms with van der Waals surface area (Å²) in [6.45, 7) is 7.87. The smallest absolute Gasteiger partial charge is 0.409 e. The number of carbonyl (C=O) groups is 4. The SMILES string of the molecule is CCn1c2c3c4cc(ccc41)-c1csc(n1)CC([Si])(NC(=O)[C@H]1CCCN(C(=O)OC)C1)C(=O)N1CCC[C@H](N1)C(=O)OCC(C)(C)C3[C@](S)(OC)c1ncccc1-2. The van der Waals surface area contributed by atoms with E-state index >= 15 is 0 Å². The molecule has 3 aromatic heterocycles. The summed E-state index contributed by atoms with van der Waals surface area (Å²) in [5.41, 5.74) is 8.66. The largest absolute Gasteiger partial charge is 0.464 e. The van der Waals surface area contributed by atoms with Crippen molar-refractivity contribution in [2.24, 2.45) is 11.3 Å². The lowest BCUT2D eigenvalue weighted by molar-refractivity contribution is -0.157. The van der Waals surface area contributed by atoms with E-state index in [1.54, 1.807) is 13.3 Å². The van der Waals surface area contributed by atoms with E-state index in [9.17, 15) is 19.2 Å². The van der Waals surface area contributed by atoms with Crippen molar-refractivity contribution >= 4 is 69.0 Å². The topological polar surface area (TPSA) is 157 Å². The Balaban J connectivity index is 1.25. The van der Waals surface area contributed by atoms with Gasteiger partial charge in [-0.25, -0.2) is 15.2 Å². The summed E-state index contributed by atoms with van der Waals surface area (Å²) in [7, 11) is 6.72. The summed E-state index contributed by atoms with van der Waals surface area (Å²) < 4.78 is 19.8. The molecule has 4 aromatic rings. The summed E-state index contributed by atoms with van der Waals surface area (Å²) in [6, 6.07) is 9.46. The Morgan fingerprint density at radius 2 is 1.95 bits per heavy atom. The van der Waals surface area contributed by atoms with E-state index in [1.165, 1.54) is 28.4 Å². The van der Waals surface area contributed by atoms with Crippen LogP contribution in [-0.2, 0) is 46.5 Å². The van der Waals surface area contributed by atoms with Gasteiger partial charge < -0.3 is 29.0 Å². The van der Waals surface area contributed by atoms with Gasteiger partial charge in [-0.15, -0.1) is 24.0 Å². The van der Waals surface area contributed by atoms with E-state index in [1.807, 2.05) is 11.4 Å². The molecule has 3 amide bonds. The number of nitrogens with one attached hydrogen (secondary N) is 2. The summed E-state index contributed by atoms with van der Waals surface area (Å²) in [4.78, 5) is 65.2. The first-order valence-electron chi connectivity index (χ1n) is 19.7. The van der Waals surface area contributed by atoms with Crippen LogP contribution in [0, 0.1) is 11.3 Å². The number of carbonyl (C=O) groups excluding carboxylic acids is 4. The minimum atomic E-state index is -1.64. The molecule has 17 heteroatoms. The minimum absolute atomic E-state index is 0.0137. The molecule has 3 aliphatic heterocycles. The first-order valence-corrected chi connectivity index (χ1v) is 21.5. The molecular formula is C41H48N7O7S2Si. The van der Waals surface area contributed by atoms with Crippen molar-refractivity contribution in [3.8, 4) is 22.5 Å². The van der Waals surface area contributed by atoms with Gasteiger partial charge in [0.05, 0.1) is 52.0 Å². The third-order valence-corrected chi connectivity index (χ3v) is 14.1. The first kappa shape index (κ1) is 40.5. The molecule has 4 aliphatic rings. The lowest BCUT2D eigenvalue weighted by atomic mass is 9.66. The molecule has 14 nitrogen and oxygen atoms in total. The van der Waals surface area contributed by atoms with Crippen molar-refractivity contribution in [2.75, 3.05) is 40.5 Å². The lowest BCUT2D eigenvalue weighted by Crippen LogP contribution is -2.67. The predicted octanol–water partition coefficient (Wildman–Crippen LogP) is 4.75. The number of rotatable bonds is 4. The Morgan fingerprint density at radius 1 is 1.16 bits per heavy atom. The van der Waals surface area contributed by atoms with Gasteiger partial charge in [-0.3, -0.25) is 24.4 Å². The highest BCUT2D eigenvalue weighted by atomic mass is 32.1. The number of aryl methyl sites for hydroxylation is 1. The van der Waals surface area contributed by atoms with Gasteiger partial charge in [0, 0.05) is 84.6 Å². The second-order valence-electron chi connectivity index (χ2n) is 16.3. The van der Waals surface area contributed by atoms with Crippen LogP contribution in [0.2, 0.25) is 0 Å². The molecule has 58 heavy (non-hydrogen) atoms. The summed E-state index contributed by atoms with van der Waals surface area (Å²) in [6.07, 6.45) is 3.37. The number of fused-ring (bicyclic) bond motifs is 8. The van der Waals surface area contributed by atoms with E-state index in [0.29, 0.717) is 56.0 Å². The zero-order valence-electron chi connectivity index (χ0n) is 33.3. The van der Waals surface area contributed by atoms with Gasteiger partial charge in [-0.2, -0.15) is 0 Å². The minimum Gasteiger partial charge on any atom is -0.464 e. The molecule has 5 atom stereocenters. The Labute approximate surface area is 350 Å². The molecule has 2 unspecified atom stereocenters. The number of hydrogen-bond donors (Lipinski definition) is 3. The highest BCUT2D eigenvalue weighted by molar-refractivity contribution is 7.81. The van der Waals surface area contributed by atoms with Gasteiger partial charge in [-0.1, -0.05) is 19.9 Å². The highest BCUT2D eigenvalue weighted by Gasteiger charge is 2.55. The number of likely N-dealkylation sites (tertiary alicyclic amines) is 1. The average Bonchev–Trinajstić information content (AvgIpc) is 3.83. The van der Waals surface area contributed by atoms with E-state index in [0.717, 1.165) is 39.0 Å². The summed E-state index contributed by atoms with van der Waals surface area (Å²) in [5, 5.41) is 6.31. The first-order chi connectivity index (χ1) is 27.7. The molecular weight excluding hydrogens is 795 g/mol. The number of ether oxygens (including phenoxy) is 3. The molecule has 2 fully saturated rings. The molecule has 6 bridgehead atoms. The monoisotopic (exact) mass is 842 g/mol. The molecule has 2 N–H and O–H groups in total. The molecule has 6 heterocycles. The number of cyclic esters (lactones) is 1. The molecule has 3 radical (unpaired) electrons. The maximum atomic E-state index is 14.6. The number of amides is 3. The van der Waals surface area contributed by atoms with E-state index in [2.05, 4.69) is 70.6 Å². The maximum Gasteiger partial charge on any atom is 0.409 e. The second-order valence-corrected chi connectivity index (χ2v) is 18.8. The van der Waals surface area contributed by atoms with Crippen LogP contribution in [-0.4, -0.2) is 110 Å². The van der Waals surface area contributed by atoms with Gasteiger partial charge >= 0.3 is 12.1 Å². The number of thiol groups is 1. The highest BCUT2D eigenvalue weighted by Crippen LogP contribution is 2.61. The van der Waals surface area contributed by atoms with E-state index < -0.39 is 51.4 Å². The Kier molecular flexibility index (Phi) is 10.7. The lowest BCUT2D eigenvalue weighted by Gasteiger charge is -2.47. The normalized spacial score (nSPS) is 27.1. The van der Waals surface area contributed by atoms with Crippen molar-refractivity contribution in [3.63, 3.8) is 0 Å². The van der Waals surface area contributed by atoms with Gasteiger partial charge in [0.1, 0.15) is 11.2 Å². The van der Waals surface area contributed by atoms with Crippen LogP contribution in [0.25, 0.3) is 33.4 Å². The van der Waals surface area contributed by atoms with Crippen molar-refractivity contribution in [1.29, 1.82) is 0 Å². The van der Waals surface area contributed by atoms with Crippen LogP contribution >= 0.6 is 24.0 Å². The Morgan fingerprint density at radius 3 is 2.71 bits per heavy atom. The van der Waals surface area contributed by atoms with Crippen LogP contribution in [0.4, 0.5) is 4.79 Å². The number of benzene rings is 1. The van der Waals surface area contributed by atoms with Crippen molar-refractivity contribution in [1.82, 2.24) is 35.2 Å². The number of hydrogen-bond acceptors (Lipinski definition) is 12. The molecule has 1 aromatic carbocycles. The van der Waals surface area contributed by atoms with Crippen molar-refractivity contribution in [3.05, 3.63) is 58.2 Å². The molecule has 8 rings (SSSR count). The number of thiazole rings is 1. The fourth-order valence-electron chi connectivity index (χ4n) is 9.30. The van der Waals surface area contributed by atoms with Crippen LogP contribution in [0.1, 0.15) is 68.6 Å². The molecule has 305 valence electrons. The Bertz CT molecular complexity index is 2300. The maximum absolute atomic E-state index is 14.6. The van der Waals surface area contributed by atoms with Gasteiger partial charge in [0.15, 0.2) is 4.93 Å². The molecule has 2 saturated heterocycles. The standard InChI is InChI=1S/C41H48N7O7S2Si/c1-6-47-29-14-13-23-18-26(29)31-32(47)25-11-7-15-42-34(25)41(56,54-5)33(31)39(2,3)22-55-36(50)27-12-9-17-48(45-27)37(51)40(58,19-30-43-28(23)21-57-30)44-35(49)24-10-8-16-46(20-24)38(52)53-4/h7,11,13-15,18,21,24,27,33,45,56H,6,8-10,12,16-17,19-20,22H2,1-5H3,(H,44,49)/t24-,27-,33?,40?,41+/m0/s1. The fourth-order valence-corrected chi connectivity index (χ4v) is 11.4. The zero-order chi connectivity index (χ0) is 41.1. The predicted molar refractivity (Wildman–Crippen MR) is 222 cm³/mol. The van der Waals surface area contributed by atoms with E-state index in [4.69, 9.17) is 36.8 Å². The zero-order valence-corrected chi connectivity index (χ0v) is 36.0. The average molecular weight is 843 g/mol. The third kappa shape index (κ3) is 6.81. The van der Waals surface area contributed by atoms with Crippen LogP contribution in [0.3, 0.4) is 0 Å². The van der Waals surface area contributed by atoms with Gasteiger partial charge in [-0.05, 0) is 62.4 Å². The van der Waals surface area contributed by atoms with Crippen LogP contribution in [0.15, 0.2) is 41.9 Å². The number of esters is 1. The Hall–Kier alpha value is -4.29. The number of methoxy groups -OCH3 is 2. The third-order valence-electron chi connectivity index (χ3n) is 12.1. The van der Waals surface area contributed by atoms with Crippen molar-refractivity contribution in [2.45, 2.75) is 81.5 Å². The quantitative estimate of drug-likeness (QED) is 0.113. The van der Waals surface area contributed by atoms with Crippen LogP contribution < -0.4 is 10.7 Å². The number of hydrazine groups is 1. The second kappa shape index (κ2) is 15.4. The van der Waals surface area contributed by atoms with E-state index in [-0.39, 0.29) is 25.5 Å². The van der Waals surface area contributed by atoms with Crippen LogP contribution in [0.5, 0.6) is 0 Å². The number of piperidine rings is 1. The fraction of sp³-hybridized carbons (Fsp3) is 0.512. The van der Waals surface area contributed by atoms with Gasteiger partial charge in [0.2, 0.25) is 5.91 Å². The number of aromatic nitrogens is 3. The summed E-state index contributed by atoms with van der Waals surface area (Å²) >= 11 is 6.72. The number of pyridine rings is 1. The summed E-state index contributed by atoms with van der Waals surface area (Å²) in [5.74, 6) is -2.37. The molecule has 0 saturated carbocycles. The van der Waals surface area contributed by atoms with Gasteiger partial charge in [0.25, 0.3) is 5.91 Å². The number of nitrogens with zero attached hydrogens (tertiary/aromatic N) is 5. The molecule has 0 spiro atoms. The van der Waals surface area contributed by atoms with Crippen molar-refractivity contribution < 1.29 is 33.4 Å². The molecule has 1 aliphatic carbocycles.